The zero-order valence-corrected chi connectivity index (χ0v) is 11.8. The molecule has 2 unspecified atom stereocenters. The summed E-state index contributed by atoms with van der Waals surface area (Å²) in [4.78, 5) is 25.4. The Morgan fingerprint density at radius 1 is 1.44 bits per heavy atom. The Bertz CT molecular complexity index is 303. The molecule has 1 saturated heterocycles. The number of carbonyl (C=O) groups is 2. The van der Waals surface area contributed by atoms with Gasteiger partial charge in [0.05, 0.1) is 12.1 Å². The van der Waals surface area contributed by atoms with Gasteiger partial charge in [0, 0.05) is 19.6 Å². The molecule has 0 aromatic heterocycles. The molecule has 0 spiro atoms. The predicted octanol–water partition coefficient (Wildman–Crippen LogP) is 0.500. The summed E-state index contributed by atoms with van der Waals surface area (Å²) in [6.07, 6.45) is 2.64. The Balaban J connectivity index is 2.42. The predicted molar refractivity (Wildman–Crippen MR) is 71.2 cm³/mol. The van der Waals surface area contributed by atoms with Crippen molar-refractivity contribution in [2.75, 3.05) is 13.6 Å². The van der Waals surface area contributed by atoms with Gasteiger partial charge in [0.25, 0.3) is 0 Å². The van der Waals surface area contributed by atoms with Crippen molar-refractivity contribution in [1.29, 1.82) is 0 Å². The number of hydrogen-bond donors (Lipinski definition) is 2. The second-order valence-electron chi connectivity index (χ2n) is 5.01. The van der Waals surface area contributed by atoms with Gasteiger partial charge in [-0.25, -0.2) is 0 Å². The molecule has 0 aromatic carbocycles. The van der Waals surface area contributed by atoms with Crippen LogP contribution in [0, 0.1) is 0 Å². The average Bonchev–Trinajstić information content (AvgIpc) is 2.67. The molecule has 18 heavy (non-hydrogen) atoms. The molecule has 5 heteroatoms. The lowest BCUT2D eigenvalue weighted by Crippen LogP contribution is -2.51. The number of carbonyl (C=O) groups excluding carboxylic acids is 2. The molecule has 0 bridgehead atoms. The number of nitrogens with zero attached hydrogens (tertiary/aromatic N) is 1. The molecule has 5 nitrogen and oxygen atoms in total. The number of rotatable bonds is 6. The van der Waals surface area contributed by atoms with Crippen molar-refractivity contribution in [2.45, 2.75) is 58.2 Å². The van der Waals surface area contributed by atoms with Crippen molar-refractivity contribution < 1.29 is 9.59 Å². The minimum atomic E-state index is -0.328. The van der Waals surface area contributed by atoms with Crippen LogP contribution in [-0.4, -0.2) is 48.4 Å². The van der Waals surface area contributed by atoms with Gasteiger partial charge in [-0.15, -0.1) is 0 Å². The molecule has 1 fully saturated rings. The fourth-order valence-electron chi connectivity index (χ4n) is 2.17. The van der Waals surface area contributed by atoms with Crippen molar-refractivity contribution >= 4 is 11.8 Å². The van der Waals surface area contributed by atoms with Crippen molar-refractivity contribution in [3.05, 3.63) is 0 Å². The van der Waals surface area contributed by atoms with Gasteiger partial charge in [-0.05, 0) is 26.2 Å². The fraction of sp³-hybridized carbons (Fsp3) is 0.846. The van der Waals surface area contributed by atoms with Crippen LogP contribution in [0.1, 0.15) is 40.0 Å². The summed E-state index contributed by atoms with van der Waals surface area (Å²) in [5, 5.41) is 6.10. The van der Waals surface area contributed by atoms with E-state index in [1.165, 1.54) is 0 Å². The first-order chi connectivity index (χ1) is 8.49. The van der Waals surface area contributed by atoms with E-state index in [4.69, 9.17) is 0 Å². The quantitative estimate of drug-likeness (QED) is 0.726. The molecule has 1 aliphatic heterocycles. The minimum Gasteiger partial charge on any atom is -0.352 e. The highest BCUT2D eigenvalue weighted by atomic mass is 16.2. The van der Waals surface area contributed by atoms with E-state index in [1.807, 2.05) is 6.92 Å². The van der Waals surface area contributed by atoms with Crippen molar-refractivity contribution in [2.24, 2.45) is 0 Å². The van der Waals surface area contributed by atoms with E-state index in [9.17, 15) is 9.59 Å². The zero-order chi connectivity index (χ0) is 13.7. The van der Waals surface area contributed by atoms with Crippen LogP contribution < -0.4 is 10.6 Å². The van der Waals surface area contributed by atoms with E-state index in [-0.39, 0.29) is 29.9 Å². The maximum absolute atomic E-state index is 11.9. The van der Waals surface area contributed by atoms with Crippen LogP contribution in [0.4, 0.5) is 0 Å². The van der Waals surface area contributed by atoms with Crippen molar-refractivity contribution in [3.63, 3.8) is 0 Å². The van der Waals surface area contributed by atoms with Gasteiger partial charge >= 0.3 is 0 Å². The molecule has 0 radical (unpaired) electrons. The molecule has 0 aliphatic carbocycles. The Hall–Kier alpha value is -1.10. The summed E-state index contributed by atoms with van der Waals surface area (Å²) in [5.74, 6) is 0.0586. The first kappa shape index (κ1) is 15.0. The fourth-order valence-corrected chi connectivity index (χ4v) is 2.17. The Morgan fingerprint density at radius 3 is 2.50 bits per heavy atom. The Kier molecular flexibility index (Phi) is 5.59. The van der Waals surface area contributed by atoms with E-state index in [1.54, 1.807) is 11.9 Å². The van der Waals surface area contributed by atoms with E-state index in [2.05, 4.69) is 24.5 Å². The first-order valence-corrected chi connectivity index (χ1v) is 6.80. The third-order valence-electron chi connectivity index (χ3n) is 3.60. The van der Waals surface area contributed by atoms with Crippen LogP contribution >= 0.6 is 0 Å². The van der Waals surface area contributed by atoms with Gasteiger partial charge in [-0.2, -0.15) is 0 Å². The standard InChI is InChI=1S/C13H25N3O2/c1-5-10(6-2)15-12(17)9(3)14-11-7-8-16(4)13(11)18/h9-11,14H,5-8H2,1-4H3,(H,15,17). The Morgan fingerprint density at radius 2 is 2.06 bits per heavy atom. The lowest BCUT2D eigenvalue weighted by molar-refractivity contribution is -0.129. The topological polar surface area (TPSA) is 61.4 Å². The van der Waals surface area contributed by atoms with Crippen LogP contribution in [0.5, 0.6) is 0 Å². The third-order valence-corrected chi connectivity index (χ3v) is 3.60. The molecule has 104 valence electrons. The zero-order valence-electron chi connectivity index (χ0n) is 11.8. The van der Waals surface area contributed by atoms with E-state index >= 15 is 0 Å². The van der Waals surface area contributed by atoms with Gasteiger partial charge < -0.3 is 10.2 Å². The van der Waals surface area contributed by atoms with E-state index < -0.39 is 0 Å². The van der Waals surface area contributed by atoms with Crippen LogP contribution in [0.25, 0.3) is 0 Å². The number of hydrogen-bond acceptors (Lipinski definition) is 3. The van der Waals surface area contributed by atoms with Gasteiger partial charge in [0.15, 0.2) is 0 Å². The summed E-state index contributed by atoms with van der Waals surface area (Å²) in [6.45, 7) is 6.69. The summed E-state index contributed by atoms with van der Waals surface area (Å²) < 4.78 is 0. The molecule has 0 aromatic rings. The minimum absolute atomic E-state index is 0.0222. The van der Waals surface area contributed by atoms with Gasteiger partial charge in [-0.3, -0.25) is 14.9 Å². The van der Waals surface area contributed by atoms with E-state index in [0.29, 0.717) is 0 Å². The van der Waals surface area contributed by atoms with Crippen LogP contribution in [0.2, 0.25) is 0 Å². The maximum Gasteiger partial charge on any atom is 0.239 e. The number of likely N-dealkylation sites (N-methyl/N-ethyl adjacent to an activating group) is 1. The molecule has 2 atom stereocenters. The summed E-state index contributed by atoms with van der Waals surface area (Å²) >= 11 is 0. The third kappa shape index (κ3) is 3.70. The highest BCUT2D eigenvalue weighted by Crippen LogP contribution is 2.09. The Labute approximate surface area is 109 Å². The molecule has 1 aliphatic rings. The molecular weight excluding hydrogens is 230 g/mol. The largest absolute Gasteiger partial charge is 0.352 e. The first-order valence-electron chi connectivity index (χ1n) is 6.80. The van der Waals surface area contributed by atoms with Crippen LogP contribution in [-0.2, 0) is 9.59 Å². The maximum atomic E-state index is 11.9. The summed E-state index contributed by atoms with van der Waals surface area (Å²) in [6, 6.07) is -0.313. The number of amides is 2. The molecule has 1 heterocycles. The molecular formula is C13H25N3O2. The highest BCUT2D eigenvalue weighted by Gasteiger charge is 2.31. The lowest BCUT2D eigenvalue weighted by atomic mass is 10.1. The molecule has 0 saturated carbocycles. The summed E-state index contributed by atoms with van der Waals surface area (Å²) in [7, 11) is 1.79. The second kappa shape index (κ2) is 6.73. The smallest absolute Gasteiger partial charge is 0.239 e. The number of likely N-dealkylation sites (tertiary alicyclic amines) is 1. The second-order valence-corrected chi connectivity index (χ2v) is 5.01. The van der Waals surface area contributed by atoms with Crippen LogP contribution in [0.15, 0.2) is 0 Å². The molecule has 2 N–H and O–H groups in total. The normalized spacial score (nSPS) is 21.5. The van der Waals surface area contributed by atoms with Gasteiger partial charge in [0.1, 0.15) is 0 Å². The monoisotopic (exact) mass is 255 g/mol. The molecule has 1 rings (SSSR count). The van der Waals surface area contributed by atoms with E-state index in [0.717, 1.165) is 25.8 Å². The van der Waals surface area contributed by atoms with Gasteiger partial charge in [-0.1, -0.05) is 13.8 Å². The molecule has 2 amide bonds. The number of nitrogens with one attached hydrogen (secondary N) is 2. The summed E-state index contributed by atoms with van der Waals surface area (Å²) in [5.41, 5.74) is 0. The van der Waals surface area contributed by atoms with Gasteiger partial charge in [0.2, 0.25) is 11.8 Å². The highest BCUT2D eigenvalue weighted by molar-refractivity contribution is 5.86. The average molecular weight is 255 g/mol. The lowest BCUT2D eigenvalue weighted by Gasteiger charge is -2.21. The van der Waals surface area contributed by atoms with Crippen LogP contribution in [0.3, 0.4) is 0 Å². The van der Waals surface area contributed by atoms with Crippen molar-refractivity contribution in [1.82, 2.24) is 15.5 Å². The SMILES string of the molecule is CCC(CC)NC(=O)C(C)NC1CCN(C)C1=O. The van der Waals surface area contributed by atoms with Crippen molar-refractivity contribution in [3.8, 4) is 0 Å².